The molecular formula is C26H33N3O5. The smallest absolute Gasteiger partial charge is 0.407 e. The average molecular weight is 468 g/mol. The first-order valence-electron chi connectivity index (χ1n) is 11.6. The summed E-state index contributed by atoms with van der Waals surface area (Å²) in [6, 6.07) is 15.4. The van der Waals surface area contributed by atoms with Crippen molar-refractivity contribution in [2.45, 2.75) is 31.7 Å². The molecular weight excluding hydrogens is 434 g/mol. The van der Waals surface area contributed by atoms with Crippen LogP contribution in [0.1, 0.15) is 36.8 Å². The van der Waals surface area contributed by atoms with Crippen molar-refractivity contribution in [1.29, 1.82) is 0 Å². The van der Waals surface area contributed by atoms with Crippen LogP contribution in [0.5, 0.6) is 0 Å². The molecule has 34 heavy (non-hydrogen) atoms. The molecule has 2 aromatic carbocycles. The Kier molecular flexibility index (Phi) is 8.65. The standard InChI is InChI=1S/C26H33N3O5/c1-4-29(15-9-14-24(30)31)25(32)23(16-28(2)3)27-26(33)34-17-22-20-12-7-5-10-18(20)19-11-6-8-13-21(19)22/h5-8,10-13,22-23H,4,9,14-17H2,1-3H3,(H,27,33)(H,30,31). The summed E-state index contributed by atoms with van der Waals surface area (Å²) in [6.07, 6.45) is -0.306. The minimum atomic E-state index is -0.898. The lowest BCUT2D eigenvalue weighted by molar-refractivity contribution is -0.138. The third-order valence-corrected chi connectivity index (χ3v) is 5.99. The Morgan fingerprint density at radius 2 is 1.62 bits per heavy atom. The third-order valence-electron chi connectivity index (χ3n) is 5.99. The first-order chi connectivity index (χ1) is 16.3. The summed E-state index contributed by atoms with van der Waals surface area (Å²) in [5, 5.41) is 11.6. The number of amides is 2. The van der Waals surface area contributed by atoms with Gasteiger partial charge in [-0.1, -0.05) is 48.5 Å². The van der Waals surface area contributed by atoms with E-state index in [1.54, 1.807) is 4.90 Å². The van der Waals surface area contributed by atoms with Crippen LogP contribution in [0.2, 0.25) is 0 Å². The molecule has 1 unspecified atom stereocenters. The highest BCUT2D eigenvalue weighted by Gasteiger charge is 2.30. The van der Waals surface area contributed by atoms with Gasteiger partial charge in [0, 0.05) is 32.0 Å². The van der Waals surface area contributed by atoms with Crippen molar-refractivity contribution in [2.75, 3.05) is 40.3 Å². The van der Waals surface area contributed by atoms with Crippen molar-refractivity contribution >= 4 is 18.0 Å². The summed E-state index contributed by atoms with van der Waals surface area (Å²) in [7, 11) is 3.64. The van der Waals surface area contributed by atoms with Gasteiger partial charge in [0.1, 0.15) is 12.6 Å². The van der Waals surface area contributed by atoms with Crippen LogP contribution >= 0.6 is 0 Å². The maximum atomic E-state index is 13.1. The van der Waals surface area contributed by atoms with E-state index in [-0.39, 0.29) is 24.9 Å². The van der Waals surface area contributed by atoms with Gasteiger partial charge in [-0.25, -0.2) is 4.79 Å². The minimum Gasteiger partial charge on any atom is -0.481 e. The number of ether oxygens (including phenoxy) is 1. The highest BCUT2D eigenvalue weighted by Crippen LogP contribution is 2.44. The lowest BCUT2D eigenvalue weighted by Crippen LogP contribution is -2.53. The number of rotatable bonds is 11. The molecule has 0 bridgehead atoms. The van der Waals surface area contributed by atoms with Crippen LogP contribution in [0.3, 0.4) is 0 Å². The van der Waals surface area contributed by atoms with Crippen molar-refractivity contribution in [3.63, 3.8) is 0 Å². The second-order valence-electron chi connectivity index (χ2n) is 8.70. The van der Waals surface area contributed by atoms with Crippen molar-refractivity contribution in [2.24, 2.45) is 0 Å². The fourth-order valence-corrected chi connectivity index (χ4v) is 4.40. The van der Waals surface area contributed by atoms with Gasteiger partial charge >= 0.3 is 12.1 Å². The number of carbonyl (C=O) groups excluding carboxylic acids is 2. The normalized spacial score (nSPS) is 13.2. The average Bonchev–Trinajstić information content (AvgIpc) is 3.13. The first-order valence-corrected chi connectivity index (χ1v) is 11.6. The summed E-state index contributed by atoms with van der Waals surface area (Å²) in [5.41, 5.74) is 4.53. The zero-order chi connectivity index (χ0) is 24.7. The first kappa shape index (κ1) is 25.2. The number of fused-ring (bicyclic) bond motifs is 3. The molecule has 0 saturated heterocycles. The third kappa shape index (κ3) is 6.14. The number of nitrogens with one attached hydrogen (secondary N) is 1. The maximum absolute atomic E-state index is 13.1. The van der Waals surface area contributed by atoms with Crippen LogP contribution in [0.25, 0.3) is 11.1 Å². The molecule has 2 aromatic rings. The number of alkyl carbamates (subject to hydrolysis) is 1. The molecule has 0 saturated carbocycles. The Morgan fingerprint density at radius 1 is 1.03 bits per heavy atom. The van der Waals surface area contributed by atoms with Crippen LogP contribution in [-0.2, 0) is 14.3 Å². The van der Waals surface area contributed by atoms with E-state index in [2.05, 4.69) is 29.6 Å². The van der Waals surface area contributed by atoms with Gasteiger partial charge in [0.25, 0.3) is 0 Å². The zero-order valence-electron chi connectivity index (χ0n) is 20.0. The Hall–Kier alpha value is -3.39. The van der Waals surface area contributed by atoms with Gasteiger partial charge in [-0.05, 0) is 49.7 Å². The monoisotopic (exact) mass is 467 g/mol. The predicted molar refractivity (Wildman–Crippen MR) is 130 cm³/mol. The van der Waals surface area contributed by atoms with E-state index in [0.29, 0.717) is 26.1 Å². The highest BCUT2D eigenvalue weighted by atomic mass is 16.5. The fraction of sp³-hybridized carbons (Fsp3) is 0.423. The summed E-state index contributed by atoms with van der Waals surface area (Å²) in [4.78, 5) is 40.0. The largest absolute Gasteiger partial charge is 0.481 e. The number of hydrogen-bond donors (Lipinski definition) is 2. The zero-order valence-corrected chi connectivity index (χ0v) is 20.0. The number of carboxylic acids is 1. The molecule has 1 aliphatic rings. The van der Waals surface area contributed by atoms with E-state index in [9.17, 15) is 14.4 Å². The van der Waals surface area contributed by atoms with Crippen LogP contribution in [0.4, 0.5) is 4.79 Å². The molecule has 0 radical (unpaired) electrons. The summed E-state index contributed by atoms with van der Waals surface area (Å²) < 4.78 is 5.61. The molecule has 1 aliphatic carbocycles. The minimum absolute atomic E-state index is 0.0120. The van der Waals surface area contributed by atoms with E-state index in [0.717, 1.165) is 22.3 Å². The Bertz CT molecular complexity index is 978. The molecule has 0 aliphatic heterocycles. The lowest BCUT2D eigenvalue weighted by atomic mass is 9.98. The molecule has 1 atom stereocenters. The highest BCUT2D eigenvalue weighted by molar-refractivity contribution is 5.86. The lowest BCUT2D eigenvalue weighted by Gasteiger charge is -2.28. The van der Waals surface area contributed by atoms with Gasteiger partial charge in [-0.2, -0.15) is 0 Å². The molecule has 0 spiro atoms. The second kappa shape index (κ2) is 11.7. The summed E-state index contributed by atoms with van der Waals surface area (Å²) >= 11 is 0. The van der Waals surface area contributed by atoms with E-state index in [1.165, 1.54) is 0 Å². The number of nitrogens with zero attached hydrogens (tertiary/aromatic N) is 2. The van der Waals surface area contributed by atoms with Gasteiger partial charge < -0.3 is 25.0 Å². The van der Waals surface area contributed by atoms with E-state index in [4.69, 9.17) is 9.84 Å². The molecule has 182 valence electrons. The molecule has 2 N–H and O–H groups in total. The number of carbonyl (C=O) groups is 3. The van der Waals surface area contributed by atoms with Crippen molar-refractivity contribution in [1.82, 2.24) is 15.1 Å². The Morgan fingerprint density at radius 3 is 2.15 bits per heavy atom. The molecule has 3 rings (SSSR count). The molecule has 0 heterocycles. The number of likely N-dealkylation sites (N-methyl/N-ethyl adjacent to an activating group) is 2. The fourth-order valence-electron chi connectivity index (χ4n) is 4.40. The Balaban J connectivity index is 1.65. The van der Waals surface area contributed by atoms with E-state index >= 15 is 0 Å². The van der Waals surface area contributed by atoms with Gasteiger partial charge in [0.2, 0.25) is 5.91 Å². The van der Waals surface area contributed by atoms with Gasteiger partial charge in [-0.15, -0.1) is 0 Å². The molecule has 0 aromatic heterocycles. The predicted octanol–water partition coefficient (Wildman–Crippen LogP) is 3.17. The SMILES string of the molecule is CCN(CCCC(=O)O)C(=O)C(CN(C)C)NC(=O)OCC1c2ccccc2-c2ccccc21. The van der Waals surface area contributed by atoms with E-state index < -0.39 is 18.1 Å². The molecule has 8 heteroatoms. The van der Waals surface area contributed by atoms with Crippen LogP contribution in [-0.4, -0.2) is 79.3 Å². The van der Waals surface area contributed by atoms with Crippen LogP contribution in [0, 0.1) is 0 Å². The van der Waals surface area contributed by atoms with Crippen molar-refractivity contribution in [3.05, 3.63) is 59.7 Å². The number of benzene rings is 2. The van der Waals surface area contributed by atoms with Gasteiger partial charge in [0.15, 0.2) is 0 Å². The Labute approximate surface area is 200 Å². The molecule has 0 fully saturated rings. The molecule has 8 nitrogen and oxygen atoms in total. The van der Waals surface area contributed by atoms with Crippen molar-refractivity contribution in [3.8, 4) is 11.1 Å². The van der Waals surface area contributed by atoms with Crippen LogP contribution < -0.4 is 5.32 Å². The van der Waals surface area contributed by atoms with E-state index in [1.807, 2.05) is 50.2 Å². The van der Waals surface area contributed by atoms with Crippen LogP contribution in [0.15, 0.2) is 48.5 Å². The number of hydrogen-bond acceptors (Lipinski definition) is 5. The number of aliphatic carboxylic acids is 1. The second-order valence-corrected chi connectivity index (χ2v) is 8.70. The summed E-state index contributed by atoms with van der Waals surface area (Å²) in [5.74, 6) is -1.22. The van der Waals surface area contributed by atoms with Crippen molar-refractivity contribution < 1.29 is 24.2 Å². The molecule has 2 amide bonds. The van der Waals surface area contributed by atoms with Gasteiger partial charge in [0.05, 0.1) is 0 Å². The topological polar surface area (TPSA) is 99.2 Å². The van der Waals surface area contributed by atoms with Gasteiger partial charge in [-0.3, -0.25) is 9.59 Å². The maximum Gasteiger partial charge on any atom is 0.407 e. The number of carboxylic acid groups (broad SMARTS) is 1. The summed E-state index contributed by atoms with van der Waals surface area (Å²) in [6.45, 7) is 3.04. The quantitative estimate of drug-likeness (QED) is 0.527.